The molecule has 1 aromatic rings. The third-order valence-corrected chi connectivity index (χ3v) is 3.38. The second kappa shape index (κ2) is 5.68. The lowest BCUT2D eigenvalue weighted by atomic mass is 10.2. The number of amidine groups is 1. The van der Waals surface area contributed by atoms with Gasteiger partial charge in [0.05, 0.1) is 6.04 Å². The van der Waals surface area contributed by atoms with Gasteiger partial charge in [0.25, 0.3) is 0 Å². The molecule has 6 nitrogen and oxygen atoms in total. The number of nitrogens with zero attached hydrogens (tertiary/aromatic N) is 4. The SMILES string of the molecule is CC(C(N)=NO)N1CCN(c2ccccn2)CC1. The lowest BCUT2D eigenvalue weighted by molar-refractivity contribution is 0.230. The molecule has 1 unspecified atom stereocenters. The van der Waals surface area contributed by atoms with Crippen molar-refractivity contribution in [3.8, 4) is 0 Å². The molecule has 0 saturated carbocycles. The number of hydrogen-bond donors (Lipinski definition) is 2. The van der Waals surface area contributed by atoms with Crippen LogP contribution in [0.2, 0.25) is 0 Å². The monoisotopic (exact) mass is 249 g/mol. The van der Waals surface area contributed by atoms with Crippen molar-refractivity contribution in [2.24, 2.45) is 10.9 Å². The molecule has 1 aliphatic heterocycles. The molecule has 6 heteroatoms. The fourth-order valence-electron chi connectivity index (χ4n) is 2.15. The molecule has 1 atom stereocenters. The van der Waals surface area contributed by atoms with Crippen molar-refractivity contribution in [3.63, 3.8) is 0 Å². The minimum Gasteiger partial charge on any atom is -0.409 e. The molecular formula is C12H19N5O. The van der Waals surface area contributed by atoms with Gasteiger partial charge in [-0.1, -0.05) is 11.2 Å². The van der Waals surface area contributed by atoms with Crippen LogP contribution in [0.4, 0.5) is 5.82 Å². The van der Waals surface area contributed by atoms with E-state index in [1.807, 2.05) is 25.1 Å². The molecular weight excluding hydrogens is 230 g/mol. The van der Waals surface area contributed by atoms with Crippen LogP contribution in [0.5, 0.6) is 0 Å². The van der Waals surface area contributed by atoms with Crippen molar-refractivity contribution in [1.29, 1.82) is 0 Å². The van der Waals surface area contributed by atoms with E-state index in [0.717, 1.165) is 32.0 Å². The van der Waals surface area contributed by atoms with Gasteiger partial charge in [0.15, 0.2) is 5.84 Å². The summed E-state index contributed by atoms with van der Waals surface area (Å²) in [5.41, 5.74) is 5.63. The maximum Gasteiger partial charge on any atom is 0.156 e. The van der Waals surface area contributed by atoms with Crippen LogP contribution in [0.15, 0.2) is 29.6 Å². The Morgan fingerprint density at radius 2 is 2.11 bits per heavy atom. The van der Waals surface area contributed by atoms with E-state index in [1.165, 1.54) is 0 Å². The molecule has 0 aliphatic carbocycles. The lowest BCUT2D eigenvalue weighted by Gasteiger charge is -2.38. The van der Waals surface area contributed by atoms with E-state index < -0.39 is 0 Å². The molecule has 1 aromatic heterocycles. The Kier molecular flexibility index (Phi) is 3.99. The molecule has 1 saturated heterocycles. The summed E-state index contributed by atoms with van der Waals surface area (Å²) < 4.78 is 0. The Morgan fingerprint density at radius 1 is 1.39 bits per heavy atom. The van der Waals surface area contributed by atoms with Gasteiger partial charge in [-0.25, -0.2) is 4.98 Å². The second-order valence-corrected chi connectivity index (χ2v) is 4.41. The third-order valence-electron chi connectivity index (χ3n) is 3.38. The smallest absolute Gasteiger partial charge is 0.156 e. The average molecular weight is 249 g/mol. The van der Waals surface area contributed by atoms with Crippen LogP contribution >= 0.6 is 0 Å². The van der Waals surface area contributed by atoms with Gasteiger partial charge in [-0.2, -0.15) is 0 Å². The Bertz CT molecular complexity index is 400. The Balaban J connectivity index is 1.92. The van der Waals surface area contributed by atoms with Crippen molar-refractivity contribution in [1.82, 2.24) is 9.88 Å². The van der Waals surface area contributed by atoms with Gasteiger partial charge in [-0.3, -0.25) is 4.90 Å². The van der Waals surface area contributed by atoms with Gasteiger partial charge in [-0.05, 0) is 19.1 Å². The molecule has 0 amide bonds. The molecule has 1 aliphatic rings. The van der Waals surface area contributed by atoms with Crippen molar-refractivity contribution >= 4 is 11.7 Å². The van der Waals surface area contributed by atoms with Gasteiger partial charge in [0, 0.05) is 32.4 Å². The zero-order valence-corrected chi connectivity index (χ0v) is 10.5. The Hall–Kier alpha value is -1.82. The number of aromatic nitrogens is 1. The molecule has 0 radical (unpaired) electrons. The van der Waals surface area contributed by atoms with Crippen LogP contribution in [0.1, 0.15) is 6.92 Å². The highest BCUT2D eigenvalue weighted by molar-refractivity contribution is 5.84. The normalized spacial score (nSPS) is 19.8. The first-order valence-electron chi connectivity index (χ1n) is 6.10. The summed E-state index contributed by atoms with van der Waals surface area (Å²) in [6.07, 6.45) is 1.81. The van der Waals surface area contributed by atoms with Crippen LogP contribution in [-0.4, -0.2) is 53.1 Å². The minimum absolute atomic E-state index is 0.0270. The molecule has 3 N–H and O–H groups in total. The summed E-state index contributed by atoms with van der Waals surface area (Å²) >= 11 is 0. The number of pyridine rings is 1. The van der Waals surface area contributed by atoms with Gasteiger partial charge in [0.1, 0.15) is 5.82 Å². The predicted molar refractivity (Wildman–Crippen MR) is 70.9 cm³/mol. The second-order valence-electron chi connectivity index (χ2n) is 4.41. The summed E-state index contributed by atoms with van der Waals surface area (Å²) in [4.78, 5) is 8.79. The number of nitrogens with two attached hydrogens (primary N) is 1. The Labute approximate surface area is 107 Å². The molecule has 98 valence electrons. The van der Waals surface area contributed by atoms with E-state index >= 15 is 0 Å². The minimum atomic E-state index is -0.0270. The van der Waals surface area contributed by atoms with Crippen LogP contribution < -0.4 is 10.6 Å². The fraction of sp³-hybridized carbons (Fsp3) is 0.500. The molecule has 18 heavy (non-hydrogen) atoms. The zero-order chi connectivity index (χ0) is 13.0. The maximum absolute atomic E-state index is 8.68. The summed E-state index contributed by atoms with van der Waals surface area (Å²) in [7, 11) is 0. The van der Waals surface area contributed by atoms with E-state index in [4.69, 9.17) is 10.9 Å². The molecule has 0 aromatic carbocycles. The summed E-state index contributed by atoms with van der Waals surface area (Å²) in [6, 6.07) is 5.90. The summed E-state index contributed by atoms with van der Waals surface area (Å²) in [5, 5.41) is 11.7. The van der Waals surface area contributed by atoms with Gasteiger partial charge in [0.2, 0.25) is 0 Å². The number of rotatable bonds is 3. The maximum atomic E-state index is 8.68. The zero-order valence-electron chi connectivity index (χ0n) is 10.5. The highest BCUT2D eigenvalue weighted by atomic mass is 16.4. The van der Waals surface area contributed by atoms with Gasteiger partial charge < -0.3 is 15.8 Å². The van der Waals surface area contributed by atoms with Gasteiger partial charge in [-0.15, -0.1) is 0 Å². The third kappa shape index (κ3) is 2.70. The van der Waals surface area contributed by atoms with Crippen molar-refractivity contribution in [3.05, 3.63) is 24.4 Å². The van der Waals surface area contributed by atoms with Crippen LogP contribution in [0.25, 0.3) is 0 Å². The van der Waals surface area contributed by atoms with Crippen molar-refractivity contribution < 1.29 is 5.21 Å². The number of anilines is 1. The highest BCUT2D eigenvalue weighted by Crippen LogP contribution is 2.13. The number of oxime groups is 1. The van der Waals surface area contributed by atoms with E-state index in [-0.39, 0.29) is 11.9 Å². The highest BCUT2D eigenvalue weighted by Gasteiger charge is 2.23. The molecule has 2 rings (SSSR count). The standard InChI is InChI=1S/C12H19N5O/c1-10(12(13)15-18)16-6-8-17(9-7-16)11-4-2-3-5-14-11/h2-5,10,18H,6-9H2,1H3,(H2,13,15). The average Bonchev–Trinajstić information content (AvgIpc) is 2.47. The molecule has 2 heterocycles. The van der Waals surface area contributed by atoms with E-state index in [0.29, 0.717) is 0 Å². The number of piperazine rings is 1. The lowest BCUT2D eigenvalue weighted by Crippen LogP contribution is -2.53. The van der Waals surface area contributed by atoms with Crippen molar-refractivity contribution in [2.75, 3.05) is 31.1 Å². The first kappa shape index (κ1) is 12.6. The van der Waals surface area contributed by atoms with E-state index in [1.54, 1.807) is 6.20 Å². The fourth-order valence-corrected chi connectivity index (χ4v) is 2.15. The van der Waals surface area contributed by atoms with Crippen LogP contribution in [0, 0.1) is 0 Å². The van der Waals surface area contributed by atoms with Crippen LogP contribution in [-0.2, 0) is 0 Å². The number of hydrogen-bond acceptors (Lipinski definition) is 5. The Morgan fingerprint density at radius 3 is 2.67 bits per heavy atom. The molecule has 1 fully saturated rings. The van der Waals surface area contributed by atoms with E-state index in [9.17, 15) is 0 Å². The van der Waals surface area contributed by atoms with Gasteiger partial charge >= 0.3 is 0 Å². The first-order chi connectivity index (χ1) is 8.72. The predicted octanol–water partition coefficient (Wildman–Crippen LogP) is 0.339. The van der Waals surface area contributed by atoms with Crippen LogP contribution in [0.3, 0.4) is 0 Å². The quantitative estimate of drug-likeness (QED) is 0.349. The summed E-state index contributed by atoms with van der Waals surface area (Å²) in [6.45, 7) is 5.52. The largest absolute Gasteiger partial charge is 0.409 e. The molecule has 0 spiro atoms. The van der Waals surface area contributed by atoms with E-state index in [2.05, 4.69) is 19.9 Å². The molecule has 0 bridgehead atoms. The first-order valence-corrected chi connectivity index (χ1v) is 6.10. The summed E-state index contributed by atoms with van der Waals surface area (Å²) in [5.74, 6) is 1.27. The topological polar surface area (TPSA) is 78.0 Å². The van der Waals surface area contributed by atoms with Crippen molar-refractivity contribution in [2.45, 2.75) is 13.0 Å².